The summed E-state index contributed by atoms with van der Waals surface area (Å²) in [4.78, 5) is 18.1. The SMILES string of the molecule is O=C(O)c1cc(-c2csc(C3CSCCO3)n2)c[nH]1. The number of ether oxygens (including phenoxy) is 1. The molecular formula is C12H12N2O3S2. The van der Waals surface area contributed by atoms with E-state index in [1.807, 2.05) is 17.1 Å². The van der Waals surface area contributed by atoms with Gasteiger partial charge in [-0.3, -0.25) is 0 Å². The summed E-state index contributed by atoms with van der Waals surface area (Å²) < 4.78 is 5.68. The second-order valence-electron chi connectivity index (χ2n) is 4.11. The molecule has 2 aromatic heterocycles. The van der Waals surface area contributed by atoms with Crippen molar-refractivity contribution in [2.75, 3.05) is 18.1 Å². The first kappa shape index (κ1) is 12.7. The lowest BCUT2D eigenvalue weighted by atomic mass is 10.2. The number of aromatic amines is 1. The summed E-state index contributed by atoms with van der Waals surface area (Å²) in [6.45, 7) is 0.761. The molecule has 2 N–H and O–H groups in total. The van der Waals surface area contributed by atoms with Crippen LogP contribution in [-0.4, -0.2) is 39.2 Å². The maximum Gasteiger partial charge on any atom is 0.352 e. The number of rotatable bonds is 3. The highest BCUT2D eigenvalue weighted by molar-refractivity contribution is 7.99. The summed E-state index contributed by atoms with van der Waals surface area (Å²) in [6, 6.07) is 1.59. The van der Waals surface area contributed by atoms with Gasteiger partial charge in [-0.05, 0) is 6.07 Å². The summed E-state index contributed by atoms with van der Waals surface area (Å²) in [5.41, 5.74) is 1.76. The van der Waals surface area contributed by atoms with E-state index >= 15 is 0 Å². The van der Waals surface area contributed by atoms with Gasteiger partial charge >= 0.3 is 5.97 Å². The predicted molar refractivity (Wildman–Crippen MR) is 74.9 cm³/mol. The number of hydrogen-bond donors (Lipinski definition) is 2. The monoisotopic (exact) mass is 296 g/mol. The molecule has 1 unspecified atom stereocenters. The number of carbonyl (C=O) groups is 1. The van der Waals surface area contributed by atoms with Crippen LogP contribution in [0.1, 0.15) is 21.6 Å². The summed E-state index contributed by atoms with van der Waals surface area (Å²) in [5, 5.41) is 11.8. The van der Waals surface area contributed by atoms with E-state index in [0.717, 1.165) is 34.4 Å². The van der Waals surface area contributed by atoms with Crippen LogP contribution < -0.4 is 0 Å². The smallest absolute Gasteiger partial charge is 0.352 e. The Morgan fingerprint density at radius 2 is 2.47 bits per heavy atom. The van der Waals surface area contributed by atoms with Crippen molar-refractivity contribution in [1.29, 1.82) is 0 Å². The Balaban J connectivity index is 1.81. The molecule has 7 heteroatoms. The molecule has 1 aliphatic rings. The van der Waals surface area contributed by atoms with Gasteiger partial charge in [-0.25, -0.2) is 9.78 Å². The first-order valence-electron chi connectivity index (χ1n) is 5.81. The van der Waals surface area contributed by atoms with Crippen molar-refractivity contribution in [1.82, 2.24) is 9.97 Å². The maximum atomic E-state index is 10.8. The van der Waals surface area contributed by atoms with E-state index in [2.05, 4.69) is 9.97 Å². The zero-order chi connectivity index (χ0) is 13.2. The molecule has 1 aliphatic heterocycles. The lowest BCUT2D eigenvalue weighted by Gasteiger charge is -2.19. The maximum absolute atomic E-state index is 10.8. The van der Waals surface area contributed by atoms with Crippen molar-refractivity contribution in [3.05, 3.63) is 28.3 Å². The van der Waals surface area contributed by atoms with Crippen molar-refractivity contribution in [3.8, 4) is 11.3 Å². The van der Waals surface area contributed by atoms with Crippen LogP contribution in [0.4, 0.5) is 0 Å². The van der Waals surface area contributed by atoms with Crippen LogP contribution in [0.15, 0.2) is 17.6 Å². The highest BCUT2D eigenvalue weighted by Crippen LogP contribution is 2.31. The summed E-state index contributed by atoms with van der Waals surface area (Å²) in [5.74, 6) is 1.00. The van der Waals surface area contributed by atoms with Crippen molar-refractivity contribution >= 4 is 29.1 Å². The Bertz CT molecular complexity index is 587. The average Bonchev–Trinajstić information content (AvgIpc) is 3.09. The molecule has 2 aromatic rings. The number of H-pyrrole nitrogens is 1. The number of nitrogens with zero attached hydrogens (tertiary/aromatic N) is 1. The van der Waals surface area contributed by atoms with E-state index in [1.54, 1.807) is 23.6 Å². The molecule has 0 aliphatic carbocycles. The number of nitrogens with one attached hydrogen (secondary N) is 1. The normalized spacial score (nSPS) is 19.5. The van der Waals surface area contributed by atoms with Crippen molar-refractivity contribution in [2.45, 2.75) is 6.10 Å². The molecule has 0 spiro atoms. The fraction of sp³-hybridized carbons (Fsp3) is 0.333. The molecule has 0 bridgehead atoms. The standard InChI is InChI=1S/C12H12N2O3S2/c15-12(16)8-3-7(4-13-8)9-5-19-11(14-9)10-6-18-2-1-17-10/h3-5,10,13H,1-2,6H2,(H,15,16). The molecule has 1 atom stereocenters. The highest BCUT2D eigenvalue weighted by atomic mass is 32.2. The third kappa shape index (κ3) is 2.68. The average molecular weight is 296 g/mol. The fourth-order valence-electron chi connectivity index (χ4n) is 1.86. The van der Waals surface area contributed by atoms with Crippen LogP contribution in [0, 0.1) is 0 Å². The number of thioether (sulfide) groups is 1. The Morgan fingerprint density at radius 3 is 3.16 bits per heavy atom. The summed E-state index contributed by atoms with van der Waals surface area (Å²) >= 11 is 3.43. The van der Waals surface area contributed by atoms with E-state index < -0.39 is 5.97 Å². The van der Waals surface area contributed by atoms with Crippen LogP contribution in [0.3, 0.4) is 0 Å². The van der Waals surface area contributed by atoms with E-state index in [0.29, 0.717) is 0 Å². The molecule has 3 rings (SSSR count). The first-order chi connectivity index (χ1) is 9.24. The number of thiazole rings is 1. The summed E-state index contributed by atoms with van der Waals surface area (Å²) in [6.07, 6.45) is 1.73. The molecule has 5 nitrogen and oxygen atoms in total. The number of aromatic carboxylic acids is 1. The Hall–Kier alpha value is -1.31. The molecule has 0 saturated carbocycles. The van der Waals surface area contributed by atoms with Gasteiger partial charge in [0.25, 0.3) is 0 Å². The molecule has 19 heavy (non-hydrogen) atoms. The largest absolute Gasteiger partial charge is 0.477 e. The second-order valence-corrected chi connectivity index (χ2v) is 6.15. The van der Waals surface area contributed by atoms with Gasteiger partial charge in [-0.15, -0.1) is 11.3 Å². The van der Waals surface area contributed by atoms with E-state index in [-0.39, 0.29) is 11.8 Å². The molecule has 100 valence electrons. The van der Waals surface area contributed by atoms with Gasteiger partial charge in [-0.1, -0.05) is 0 Å². The van der Waals surface area contributed by atoms with Gasteiger partial charge in [0.05, 0.1) is 12.3 Å². The van der Waals surface area contributed by atoms with Crippen LogP contribution in [0.2, 0.25) is 0 Å². The molecular weight excluding hydrogens is 284 g/mol. The minimum atomic E-state index is -0.964. The predicted octanol–water partition coefficient (Wildman–Crippen LogP) is 2.64. The topological polar surface area (TPSA) is 75.2 Å². The van der Waals surface area contributed by atoms with E-state index in [4.69, 9.17) is 9.84 Å². The Labute approximate surface area is 118 Å². The number of hydrogen-bond acceptors (Lipinski definition) is 5. The lowest BCUT2D eigenvalue weighted by Crippen LogP contribution is -2.15. The van der Waals surface area contributed by atoms with Crippen molar-refractivity contribution in [3.63, 3.8) is 0 Å². The van der Waals surface area contributed by atoms with E-state index in [9.17, 15) is 4.79 Å². The quantitative estimate of drug-likeness (QED) is 0.910. The Kier molecular flexibility index (Phi) is 3.58. The lowest BCUT2D eigenvalue weighted by molar-refractivity contribution is 0.0691. The number of aromatic nitrogens is 2. The van der Waals surface area contributed by atoms with Crippen molar-refractivity contribution in [2.24, 2.45) is 0 Å². The van der Waals surface area contributed by atoms with Crippen LogP contribution in [-0.2, 0) is 4.74 Å². The minimum absolute atomic E-state index is 0.0652. The van der Waals surface area contributed by atoms with Crippen molar-refractivity contribution < 1.29 is 14.6 Å². The third-order valence-electron chi connectivity index (χ3n) is 2.82. The third-order valence-corrected chi connectivity index (χ3v) is 4.75. The molecule has 1 saturated heterocycles. The molecule has 0 aromatic carbocycles. The molecule has 0 radical (unpaired) electrons. The highest BCUT2D eigenvalue weighted by Gasteiger charge is 2.20. The van der Waals surface area contributed by atoms with Crippen LogP contribution >= 0.6 is 23.1 Å². The minimum Gasteiger partial charge on any atom is -0.477 e. The van der Waals surface area contributed by atoms with Crippen LogP contribution in [0.5, 0.6) is 0 Å². The van der Waals surface area contributed by atoms with Gasteiger partial charge in [0.2, 0.25) is 0 Å². The van der Waals surface area contributed by atoms with Crippen LogP contribution in [0.25, 0.3) is 11.3 Å². The Morgan fingerprint density at radius 1 is 1.58 bits per heavy atom. The zero-order valence-corrected chi connectivity index (χ0v) is 11.6. The van der Waals surface area contributed by atoms with Gasteiger partial charge in [-0.2, -0.15) is 11.8 Å². The van der Waals surface area contributed by atoms with Gasteiger partial charge in [0.1, 0.15) is 16.8 Å². The van der Waals surface area contributed by atoms with Gasteiger partial charge in [0.15, 0.2) is 0 Å². The fourth-order valence-corrected chi connectivity index (χ4v) is 3.69. The first-order valence-corrected chi connectivity index (χ1v) is 7.84. The number of carboxylic acid groups (broad SMARTS) is 1. The summed E-state index contributed by atoms with van der Waals surface area (Å²) in [7, 11) is 0. The van der Waals surface area contributed by atoms with Gasteiger partial charge in [0, 0.05) is 28.6 Å². The molecule has 3 heterocycles. The van der Waals surface area contributed by atoms with E-state index in [1.165, 1.54) is 0 Å². The zero-order valence-electron chi connectivity index (χ0n) is 9.96. The second kappa shape index (κ2) is 5.36. The number of carboxylic acids is 1. The molecule has 1 fully saturated rings. The van der Waals surface area contributed by atoms with Gasteiger partial charge < -0.3 is 14.8 Å². The molecule has 0 amide bonds.